The molecule has 4 fully saturated rings. The van der Waals surface area contributed by atoms with Crippen LogP contribution in [0.25, 0.3) is 0 Å². The fourth-order valence-corrected chi connectivity index (χ4v) is 9.37. The van der Waals surface area contributed by atoms with Gasteiger partial charge >= 0.3 is 0 Å². The Bertz CT molecular complexity index is 864. The maximum absolute atomic E-state index is 14.0. The van der Waals surface area contributed by atoms with E-state index in [2.05, 4.69) is 65.3 Å². The van der Waals surface area contributed by atoms with Crippen molar-refractivity contribution in [1.82, 2.24) is 4.72 Å². The van der Waals surface area contributed by atoms with Crippen molar-refractivity contribution in [3.05, 3.63) is 28.8 Å². The van der Waals surface area contributed by atoms with Gasteiger partial charge in [-0.15, -0.1) is 0 Å². The Morgan fingerprint density at radius 1 is 0.774 bits per heavy atom. The van der Waals surface area contributed by atoms with Crippen LogP contribution in [0.1, 0.15) is 121 Å². The minimum atomic E-state index is -3.60. The number of benzene rings is 1. The van der Waals surface area contributed by atoms with Crippen molar-refractivity contribution in [3.8, 4) is 0 Å². The molecule has 4 aliphatic carbocycles. The Balaban J connectivity index is 1.71. The predicted octanol–water partition coefficient (Wildman–Crippen LogP) is 6.94. The Labute approximate surface area is 190 Å². The van der Waals surface area contributed by atoms with Crippen LogP contribution in [0.4, 0.5) is 0 Å². The van der Waals surface area contributed by atoms with Gasteiger partial charge in [0.1, 0.15) is 0 Å². The molecule has 0 heterocycles. The molecule has 5 rings (SSSR count). The smallest absolute Gasteiger partial charge is 0.208 e. The number of sulfonamides is 1. The molecule has 0 aromatic heterocycles. The summed E-state index contributed by atoms with van der Waals surface area (Å²) in [5, 5.41) is 0. The van der Waals surface area contributed by atoms with Gasteiger partial charge < -0.3 is 0 Å². The second-order valence-electron chi connectivity index (χ2n) is 12.1. The Kier molecular flexibility index (Phi) is 6.14. The zero-order chi connectivity index (χ0) is 22.7. The lowest BCUT2D eigenvalue weighted by molar-refractivity contribution is -0.0666. The molecule has 4 aliphatic rings. The molecule has 3 nitrogen and oxygen atoms in total. The molecule has 1 atom stereocenters. The van der Waals surface area contributed by atoms with Crippen molar-refractivity contribution in [2.75, 3.05) is 0 Å². The van der Waals surface area contributed by atoms with E-state index in [1.807, 2.05) is 0 Å². The normalized spacial score (nSPS) is 31.2. The summed E-state index contributed by atoms with van der Waals surface area (Å²) >= 11 is 0. The maximum atomic E-state index is 14.0. The van der Waals surface area contributed by atoms with Crippen molar-refractivity contribution in [3.63, 3.8) is 0 Å². The summed E-state index contributed by atoms with van der Waals surface area (Å²) < 4.78 is 31.2. The van der Waals surface area contributed by atoms with E-state index in [0.717, 1.165) is 28.9 Å². The minimum Gasteiger partial charge on any atom is -0.208 e. The zero-order valence-electron chi connectivity index (χ0n) is 20.7. The first kappa shape index (κ1) is 23.3. The van der Waals surface area contributed by atoms with Gasteiger partial charge in [0.2, 0.25) is 10.0 Å². The fourth-order valence-electron chi connectivity index (χ4n) is 7.32. The molecule has 1 aromatic rings. The predicted molar refractivity (Wildman–Crippen MR) is 129 cm³/mol. The summed E-state index contributed by atoms with van der Waals surface area (Å²) in [6.45, 7) is 15.0. The molecular formula is C27H43NO2S. The van der Waals surface area contributed by atoms with Gasteiger partial charge in [-0.2, -0.15) is 0 Å². The second kappa shape index (κ2) is 8.17. The quantitative estimate of drug-likeness (QED) is 0.494. The highest BCUT2D eigenvalue weighted by molar-refractivity contribution is 7.89. The molecular weight excluding hydrogens is 402 g/mol. The van der Waals surface area contributed by atoms with Crippen LogP contribution in [-0.4, -0.2) is 14.5 Å². The van der Waals surface area contributed by atoms with Gasteiger partial charge in [0, 0.05) is 6.04 Å². The fraction of sp³-hybridized carbons (Fsp3) is 0.778. The van der Waals surface area contributed by atoms with Crippen molar-refractivity contribution in [1.29, 1.82) is 0 Å². The molecule has 0 spiro atoms. The number of rotatable bonds is 7. The third kappa shape index (κ3) is 4.24. The van der Waals surface area contributed by atoms with Crippen LogP contribution in [0, 0.1) is 23.2 Å². The van der Waals surface area contributed by atoms with Crippen molar-refractivity contribution in [2.24, 2.45) is 23.2 Å². The Morgan fingerprint density at radius 2 is 1.19 bits per heavy atom. The lowest BCUT2D eigenvalue weighted by Gasteiger charge is -2.59. The van der Waals surface area contributed by atoms with Crippen molar-refractivity contribution >= 4 is 10.0 Å². The van der Waals surface area contributed by atoms with Gasteiger partial charge in [0.15, 0.2) is 0 Å². The van der Waals surface area contributed by atoms with Gasteiger partial charge in [-0.25, -0.2) is 13.1 Å². The first-order valence-corrected chi connectivity index (χ1v) is 14.1. The van der Waals surface area contributed by atoms with E-state index in [0.29, 0.717) is 10.8 Å². The lowest BCUT2D eigenvalue weighted by atomic mass is 9.48. The van der Waals surface area contributed by atoms with Crippen LogP contribution < -0.4 is 4.72 Å². The monoisotopic (exact) mass is 445 g/mol. The first-order chi connectivity index (χ1) is 14.4. The summed E-state index contributed by atoms with van der Waals surface area (Å²) in [7, 11) is -3.60. The van der Waals surface area contributed by atoms with Gasteiger partial charge in [-0.05, 0) is 103 Å². The molecule has 4 heteroatoms. The summed E-state index contributed by atoms with van der Waals surface area (Å²) in [5.41, 5.74) is 3.34. The highest BCUT2D eigenvalue weighted by Crippen LogP contribution is 2.61. The molecule has 4 saturated carbocycles. The van der Waals surface area contributed by atoms with E-state index < -0.39 is 10.0 Å². The second-order valence-corrected chi connectivity index (χ2v) is 13.8. The zero-order valence-corrected chi connectivity index (χ0v) is 21.5. The number of hydrogen-bond donors (Lipinski definition) is 1. The molecule has 0 amide bonds. The molecule has 4 bridgehead atoms. The van der Waals surface area contributed by atoms with Gasteiger partial charge in [-0.3, -0.25) is 0 Å². The SMILES string of the molecule is CC(C)c1cc(C(C)C)c(S(=O)(=O)NC(C)C23CC4CC(CC(C4)C2)C3)c(C(C)C)c1. The van der Waals surface area contributed by atoms with Crippen LogP contribution in [0.3, 0.4) is 0 Å². The van der Waals surface area contributed by atoms with Crippen LogP contribution in [0.5, 0.6) is 0 Å². The molecule has 1 aromatic carbocycles. The Morgan fingerprint density at radius 3 is 1.55 bits per heavy atom. The Hall–Kier alpha value is -0.870. The molecule has 1 N–H and O–H groups in total. The summed E-state index contributed by atoms with van der Waals surface area (Å²) in [4.78, 5) is 0.554. The van der Waals surface area contributed by atoms with Gasteiger partial charge in [0.25, 0.3) is 0 Å². The maximum Gasteiger partial charge on any atom is 0.241 e. The van der Waals surface area contributed by atoms with E-state index in [1.54, 1.807) is 0 Å². The topological polar surface area (TPSA) is 46.2 Å². The lowest BCUT2D eigenvalue weighted by Crippen LogP contribution is -2.55. The molecule has 0 radical (unpaired) electrons. The van der Waals surface area contributed by atoms with Crippen LogP contribution in [0.15, 0.2) is 17.0 Å². The summed E-state index contributed by atoms with van der Waals surface area (Å²) in [6.07, 6.45) is 7.77. The van der Waals surface area contributed by atoms with Crippen molar-refractivity contribution < 1.29 is 8.42 Å². The third-order valence-corrected chi connectivity index (χ3v) is 10.4. The van der Waals surface area contributed by atoms with Crippen molar-refractivity contribution in [2.45, 2.75) is 116 Å². The number of hydrogen-bond acceptors (Lipinski definition) is 2. The van der Waals surface area contributed by atoms with Gasteiger partial charge in [0.05, 0.1) is 4.90 Å². The standard InChI is InChI=1S/C27H43NO2S/c1-16(2)23-11-24(17(3)4)26(25(12-23)18(5)6)31(29,30)28-19(7)27-13-20-8-21(14-27)10-22(9-20)15-27/h11-12,16-22,28H,8-10,13-15H2,1-7H3. The molecule has 0 aliphatic heterocycles. The van der Waals surface area contributed by atoms with E-state index in [-0.39, 0.29) is 23.3 Å². The highest BCUT2D eigenvalue weighted by atomic mass is 32.2. The van der Waals surface area contributed by atoms with E-state index in [9.17, 15) is 8.42 Å². The van der Waals surface area contributed by atoms with Crippen LogP contribution in [-0.2, 0) is 10.0 Å². The van der Waals surface area contributed by atoms with E-state index in [4.69, 9.17) is 0 Å². The molecule has 174 valence electrons. The minimum absolute atomic E-state index is 0.00398. The van der Waals surface area contributed by atoms with E-state index in [1.165, 1.54) is 44.1 Å². The summed E-state index contributed by atoms with van der Waals surface area (Å²) in [5.74, 6) is 3.17. The highest BCUT2D eigenvalue weighted by Gasteiger charge is 2.53. The van der Waals surface area contributed by atoms with E-state index >= 15 is 0 Å². The largest absolute Gasteiger partial charge is 0.241 e. The average Bonchev–Trinajstić information content (AvgIpc) is 2.65. The van der Waals surface area contributed by atoms with Gasteiger partial charge in [-0.1, -0.05) is 53.7 Å². The van der Waals surface area contributed by atoms with Crippen LogP contribution >= 0.6 is 0 Å². The number of nitrogens with one attached hydrogen (secondary N) is 1. The summed E-state index contributed by atoms with van der Waals surface area (Å²) in [6, 6.07) is 4.28. The van der Waals surface area contributed by atoms with Crippen LogP contribution in [0.2, 0.25) is 0 Å². The molecule has 0 saturated heterocycles. The molecule has 31 heavy (non-hydrogen) atoms. The first-order valence-electron chi connectivity index (χ1n) is 12.6. The average molecular weight is 446 g/mol. The third-order valence-electron chi connectivity index (χ3n) is 8.68. The molecule has 1 unspecified atom stereocenters.